The van der Waals surface area contributed by atoms with Crippen molar-refractivity contribution in [2.75, 3.05) is 19.3 Å². The molecule has 0 saturated carbocycles. The maximum absolute atomic E-state index is 11.9. The summed E-state index contributed by atoms with van der Waals surface area (Å²) in [5, 5.41) is -0.156. The molecule has 4 N–H and O–H groups in total. The van der Waals surface area contributed by atoms with Crippen LogP contribution in [0.3, 0.4) is 0 Å². The van der Waals surface area contributed by atoms with Gasteiger partial charge in [-0.25, -0.2) is 13.4 Å². The van der Waals surface area contributed by atoms with E-state index in [0.717, 1.165) is 4.31 Å². The highest BCUT2D eigenvalue weighted by Crippen LogP contribution is 2.18. The second-order valence-corrected chi connectivity index (χ2v) is 5.23. The minimum atomic E-state index is -3.84. The molecule has 0 aliphatic rings. The van der Waals surface area contributed by atoms with Crippen LogP contribution in [-0.2, 0) is 21.9 Å². The van der Waals surface area contributed by atoms with E-state index in [1.807, 2.05) is 0 Å². The molecule has 0 saturated heterocycles. The molecule has 0 bridgehead atoms. The van der Waals surface area contributed by atoms with Gasteiger partial charge in [0.2, 0.25) is 5.91 Å². The molecule has 9 heteroatoms. The fourth-order valence-electron chi connectivity index (χ4n) is 1.20. The Morgan fingerprint density at radius 3 is 2.56 bits per heavy atom. The summed E-state index contributed by atoms with van der Waals surface area (Å²) in [5.41, 5.74) is 10.4. The van der Waals surface area contributed by atoms with E-state index in [-0.39, 0.29) is 10.8 Å². The summed E-state index contributed by atoms with van der Waals surface area (Å²) in [4.78, 5) is 14.3. The zero-order chi connectivity index (χ0) is 12.5. The van der Waals surface area contributed by atoms with Crippen molar-refractivity contribution in [3.8, 4) is 0 Å². The quantitative estimate of drug-likeness (QED) is 0.643. The van der Waals surface area contributed by atoms with Gasteiger partial charge in [0.25, 0.3) is 10.0 Å². The molecule has 0 aliphatic carbocycles. The summed E-state index contributed by atoms with van der Waals surface area (Å²) in [6.45, 7) is -0.410. The second-order valence-electron chi connectivity index (χ2n) is 3.27. The maximum Gasteiger partial charge on any atom is 0.262 e. The van der Waals surface area contributed by atoms with Gasteiger partial charge in [0.05, 0.1) is 12.9 Å². The number of carbonyl (C=O) groups is 1. The van der Waals surface area contributed by atoms with Crippen molar-refractivity contribution >= 4 is 21.7 Å². The van der Waals surface area contributed by atoms with Crippen LogP contribution >= 0.6 is 0 Å². The van der Waals surface area contributed by atoms with Gasteiger partial charge in [-0.3, -0.25) is 4.79 Å². The molecular weight excluding hydrogens is 234 g/mol. The van der Waals surface area contributed by atoms with Crippen LogP contribution in [0.2, 0.25) is 0 Å². The number of aryl methyl sites for hydroxylation is 1. The number of carbonyl (C=O) groups excluding carboxylic acids is 1. The molecule has 1 amide bonds. The first-order valence-electron chi connectivity index (χ1n) is 4.28. The van der Waals surface area contributed by atoms with Crippen molar-refractivity contribution in [3.63, 3.8) is 0 Å². The number of aromatic nitrogens is 2. The van der Waals surface area contributed by atoms with Gasteiger partial charge in [0.1, 0.15) is 0 Å². The molecular formula is C7H13N5O3S. The Kier molecular flexibility index (Phi) is 3.19. The number of hydrogen-bond acceptors (Lipinski definition) is 5. The molecule has 0 atom stereocenters. The van der Waals surface area contributed by atoms with E-state index in [1.165, 1.54) is 25.0 Å². The third-order valence-corrected chi connectivity index (χ3v) is 3.88. The fourth-order valence-corrected chi connectivity index (χ4v) is 2.52. The van der Waals surface area contributed by atoms with Crippen molar-refractivity contribution in [1.29, 1.82) is 0 Å². The summed E-state index contributed by atoms with van der Waals surface area (Å²) in [7, 11) is -1.11. The lowest BCUT2D eigenvalue weighted by molar-refractivity contribution is -0.118. The number of likely N-dealkylation sites (N-methyl/N-ethyl adjacent to an activating group) is 1. The summed E-state index contributed by atoms with van der Waals surface area (Å²) < 4.78 is 26.0. The molecule has 0 spiro atoms. The van der Waals surface area contributed by atoms with E-state index < -0.39 is 22.5 Å². The van der Waals surface area contributed by atoms with Crippen molar-refractivity contribution in [2.24, 2.45) is 12.8 Å². The number of rotatable bonds is 4. The van der Waals surface area contributed by atoms with Crippen LogP contribution in [-0.4, -0.2) is 41.8 Å². The van der Waals surface area contributed by atoms with Crippen LogP contribution in [0.1, 0.15) is 0 Å². The number of sulfonamides is 1. The van der Waals surface area contributed by atoms with Crippen LogP contribution in [0.25, 0.3) is 0 Å². The van der Waals surface area contributed by atoms with Gasteiger partial charge in [-0.15, -0.1) is 0 Å². The third kappa shape index (κ3) is 2.14. The van der Waals surface area contributed by atoms with Gasteiger partial charge in [0, 0.05) is 14.1 Å². The lowest BCUT2D eigenvalue weighted by Gasteiger charge is -2.15. The molecule has 1 heterocycles. The first-order chi connectivity index (χ1) is 7.26. The summed E-state index contributed by atoms with van der Waals surface area (Å²) >= 11 is 0. The van der Waals surface area contributed by atoms with Gasteiger partial charge >= 0.3 is 0 Å². The monoisotopic (exact) mass is 247 g/mol. The number of primary amides is 1. The Morgan fingerprint density at radius 2 is 2.19 bits per heavy atom. The van der Waals surface area contributed by atoms with Gasteiger partial charge in [-0.1, -0.05) is 0 Å². The van der Waals surface area contributed by atoms with Gasteiger partial charge < -0.3 is 16.0 Å². The molecule has 0 aliphatic heterocycles. The van der Waals surface area contributed by atoms with E-state index >= 15 is 0 Å². The number of nitrogen functional groups attached to an aromatic ring is 1. The van der Waals surface area contributed by atoms with Crippen molar-refractivity contribution in [3.05, 3.63) is 6.33 Å². The van der Waals surface area contributed by atoms with Crippen LogP contribution in [0.15, 0.2) is 11.4 Å². The number of imidazole rings is 1. The smallest absolute Gasteiger partial charge is 0.262 e. The number of nitrogens with zero attached hydrogens (tertiary/aromatic N) is 3. The fraction of sp³-hybridized carbons (Fsp3) is 0.429. The highest BCUT2D eigenvalue weighted by atomic mass is 32.2. The Labute approximate surface area is 92.9 Å². The van der Waals surface area contributed by atoms with Gasteiger partial charge in [-0.2, -0.15) is 4.31 Å². The van der Waals surface area contributed by atoms with E-state index in [9.17, 15) is 13.2 Å². The van der Waals surface area contributed by atoms with Crippen LogP contribution in [0, 0.1) is 0 Å². The van der Waals surface area contributed by atoms with E-state index in [4.69, 9.17) is 11.5 Å². The predicted octanol–water partition coefficient (Wildman–Crippen LogP) is -1.89. The van der Waals surface area contributed by atoms with Crippen molar-refractivity contribution < 1.29 is 13.2 Å². The lowest BCUT2D eigenvalue weighted by Crippen LogP contribution is -2.36. The summed E-state index contributed by atoms with van der Waals surface area (Å²) in [6.07, 6.45) is 1.28. The highest BCUT2D eigenvalue weighted by Gasteiger charge is 2.28. The van der Waals surface area contributed by atoms with Gasteiger partial charge in [-0.05, 0) is 0 Å². The molecule has 0 fully saturated rings. The average Bonchev–Trinajstić information content (AvgIpc) is 2.45. The number of anilines is 1. The minimum absolute atomic E-state index is 0.112. The zero-order valence-electron chi connectivity index (χ0n) is 8.91. The van der Waals surface area contributed by atoms with Crippen molar-refractivity contribution in [2.45, 2.75) is 5.03 Å². The number of hydrogen-bond donors (Lipinski definition) is 2. The standard InChI is InChI=1S/C7H13N5O3S/c1-11-4-10-6(9)7(11)16(14,15)12(2)3-5(8)13/h4H,3,9H2,1-2H3,(H2,8,13). The lowest BCUT2D eigenvalue weighted by atomic mass is 10.6. The summed E-state index contributed by atoms with van der Waals surface area (Å²) in [5.74, 6) is -0.856. The predicted molar refractivity (Wildman–Crippen MR) is 56.6 cm³/mol. The molecule has 0 unspecified atom stereocenters. The third-order valence-electron chi connectivity index (χ3n) is 1.94. The Balaban J connectivity index is 3.17. The van der Waals surface area contributed by atoms with Crippen LogP contribution in [0.4, 0.5) is 5.82 Å². The first kappa shape index (κ1) is 12.5. The Hall–Kier alpha value is -1.61. The molecule has 1 aromatic heterocycles. The largest absolute Gasteiger partial charge is 0.381 e. The average molecular weight is 247 g/mol. The molecule has 8 nitrogen and oxygen atoms in total. The molecule has 0 radical (unpaired) electrons. The second kappa shape index (κ2) is 4.10. The molecule has 1 aromatic rings. The first-order valence-corrected chi connectivity index (χ1v) is 5.72. The molecule has 1 rings (SSSR count). The summed E-state index contributed by atoms with van der Waals surface area (Å²) in [6, 6.07) is 0. The number of amides is 1. The van der Waals surface area contributed by atoms with Crippen LogP contribution in [0.5, 0.6) is 0 Å². The van der Waals surface area contributed by atoms with Crippen molar-refractivity contribution in [1.82, 2.24) is 13.9 Å². The molecule has 0 aromatic carbocycles. The Morgan fingerprint density at radius 1 is 1.62 bits per heavy atom. The van der Waals surface area contributed by atoms with E-state index in [0.29, 0.717) is 0 Å². The van der Waals surface area contributed by atoms with E-state index in [1.54, 1.807) is 0 Å². The minimum Gasteiger partial charge on any atom is -0.381 e. The number of nitrogens with two attached hydrogens (primary N) is 2. The molecule has 90 valence electrons. The highest BCUT2D eigenvalue weighted by molar-refractivity contribution is 7.89. The van der Waals surface area contributed by atoms with Crippen LogP contribution < -0.4 is 11.5 Å². The zero-order valence-corrected chi connectivity index (χ0v) is 9.73. The topological polar surface area (TPSA) is 124 Å². The Bertz CT molecular complexity index is 487. The maximum atomic E-state index is 11.9. The SMILES string of the molecule is CN(CC(N)=O)S(=O)(=O)c1c(N)ncn1C. The van der Waals surface area contributed by atoms with Gasteiger partial charge in [0.15, 0.2) is 10.8 Å². The van der Waals surface area contributed by atoms with E-state index in [2.05, 4.69) is 4.98 Å². The normalized spacial score (nSPS) is 11.9. The molecule has 16 heavy (non-hydrogen) atoms.